The normalized spacial score (nSPS) is 24.3. The molecule has 1 saturated heterocycles. The molecule has 0 unspecified atom stereocenters. The third-order valence-electron chi connectivity index (χ3n) is 3.33. The zero-order chi connectivity index (χ0) is 13.3. The number of carbonyl (C=O) groups is 1. The van der Waals surface area contributed by atoms with E-state index in [1.54, 1.807) is 0 Å². The number of carbonyl (C=O) groups excluding carboxylic acids is 1. The molecule has 2 fully saturated rings. The highest BCUT2D eigenvalue weighted by Gasteiger charge is 2.31. The monoisotopic (exact) mass is 271 g/mol. The van der Waals surface area contributed by atoms with Gasteiger partial charge >= 0.3 is 0 Å². The Labute approximate surface area is 106 Å². The van der Waals surface area contributed by atoms with Gasteiger partial charge < -0.3 is 16.0 Å². The van der Waals surface area contributed by atoms with Gasteiger partial charge in [-0.3, -0.25) is 4.79 Å². The summed E-state index contributed by atoms with van der Waals surface area (Å²) in [5, 5.41) is 7.31. The Morgan fingerprint density at radius 1 is 1.28 bits per heavy atom. The van der Waals surface area contributed by atoms with Crippen molar-refractivity contribution in [2.24, 2.45) is 11.7 Å². The maximum Gasteiger partial charge on any atom is 0.257 e. The summed E-state index contributed by atoms with van der Waals surface area (Å²) in [6, 6.07) is 0. The zero-order valence-corrected chi connectivity index (χ0v) is 10.9. The van der Waals surface area contributed by atoms with Crippen LogP contribution in [0, 0.1) is 11.3 Å². The SMILES string of the molecule is N=CC(C(=O)N1CCS(=O)(=O)CC1)=C(N)C1CC1. The van der Waals surface area contributed by atoms with E-state index in [9.17, 15) is 13.2 Å². The van der Waals surface area contributed by atoms with E-state index in [4.69, 9.17) is 11.1 Å². The molecule has 0 radical (unpaired) electrons. The first-order valence-electron chi connectivity index (χ1n) is 5.94. The minimum atomic E-state index is -3.00. The van der Waals surface area contributed by atoms with Gasteiger partial charge in [-0.2, -0.15) is 0 Å². The molecule has 3 N–H and O–H groups in total. The lowest BCUT2D eigenvalue weighted by molar-refractivity contribution is -0.126. The Kier molecular flexibility index (Phi) is 3.43. The topological polar surface area (TPSA) is 104 Å². The number of nitrogens with one attached hydrogen (secondary N) is 1. The fourth-order valence-corrected chi connectivity index (χ4v) is 3.17. The molecule has 2 rings (SSSR count). The highest BCUT2D eigenvalue weighted by Crippen LogP contribution is 2.35. The fourth-order valence-electron chi connectivity index (χ4n) is 1.97. The lowest BCUT2D eigenvalue weighted by atomic mass is 10.1. The summed E-state index contributed by atoms with van der Waals surface area (Å²) >= 11 is 0. The third-order valence-corrected chi connectivity index (χ3v) is 4.94. The molecule has 0 spiro atoms. The summed E-state index contributed by atoms with van der Waals surface area (Å²) in [5.74, 6) is -0.107. The second-order valence-electron chi connectivity index (χ2n) is 4.73. The van der Waals surface area contributed by atoms with Crippen LogP contribution in [0.4, 0.5) is 0 Å². The smallest absolute Gasteiger partial charge is 0.257 e. The van der Waals surface area contributed by atoms with E-state index in [2.05, 4.69) is 0 Å². The molecule has 0 aromatic rings. The molecule has 1 saturated carbocycles. The van der Waals surface area contributed by atoms with Gasteiger partial charge in [0.25, 0.3) is 5.91 Å². The summed E-state index contributed by atoms with van der Waals surface area (Å²) in [7, 11) is -3.00. The number of sulfone groups is 1. The summed E-state index contributed by atoms with van der Waals surface area (Å²) in [4.78, 5) is 13.6. The lowest BCUT2D eigenvalue weighted by Crippen LogP contribution is -2.45. The largest absolute Gasteiger partial charge is 0.401 e. The zero-order valence-electron chi connectivity index (χ0n) is 10.1. The minimum absolute atomic E-state index is 0.00659. The van der Waals surface area contributed by atoms with Crippen molar-refractivity contribution in [3.63, 3.8) is 0 Å². The van der Waals surface area contributed by atoms with E-state index in [0.717, 1.165) is 19.1 Å². The summed E-state index contributed by atoms with van der Waals surface area (Å²) in [6.45, 7) is 0.382. The van der Waals surface area contributed by atoms with Crippen molar-refractivity contribution in [1.29, 1.82) is 5.41 Å². The van der Waals surface area contributed by atoms with E-state index < -0.39 is 9.84 Å². The van der Waals surface area contributed by atoms with Crippen molar-refractivity contribution in [2.75, 3.05) is 24.6 Å². The van der Waals surface area contributed by atoms with E-state index in [1.165, 1.54) is 4.90 Å². The highest BCUT2D eigenvalue weighted by molar-refractivity contribution is 7.91. The molecule has 100 valence electrons. The van der Waals surface area contributed by atoms with Crippen LogP contribution in [0.15, 0.2) is 11.3 Å². The number of amides is 1. The Balaban J connectivity index is 2.11. The lowest BCUT2D eigenvalue weighted by Gasteiger charge is -2.27. The van der Waals surface area contributed by atoms with Crippen molar-refractivity contribution >= 4 is 22.0 Å². The van der Waals surface area contributed by atoms with Gasteiger partial charge in [0, 0.05) is 25.0 Å². The number of nitrogens with two attached hydrogens (primary N) is 1. The van der Waals surface area contributed by atoms with Crippen molar-refractivity contribution in [3.8, 4) is 0 Å². The van der Waals surface area contributed by atoms with Gasteiger partial charge in [-0.05, 0) is 18.8 Å². The van der Waals surface area contributed by atoms with E-state index >= 15 is 0 Å². The number of nitrogens with zero attached hydrogens (tertiary/aromatic N) is 1. The van der Waals surface area contributed by atoms with Crippen molar-refractivity contribution in [3.05, 3.63) is 11.3 Å². The molecule has 1 heterocycles. The van der Waals surface area contributed by atoms with Crippen LogP contribution in [0.5, 0.6) is 0 Å². The van der Waals surface area contributed by atoms with Gasteiger partial charge in [-0.1, -0.05) is 0 Å². The summed E-state index contributed by atoms with van der Waals surface area (Å²) in [6.07, 6.45) is 2.91. The molecule has 0 aromatic heterocycles. The molecule has 18 heavy (non-hydrogen) atoms. The maximum absolute atomic E-state index is 12.2. The van der Waals surface area contributed by atoms with E-state index in [-0.39, 0.29) is 42.0 Å². The fraction of sp³-hybridized carbons (Fsp3) is 0.636. The van der Waals surface area contributed by atoms with Gasteiger partial charge in [0.2, 0.25) is 0 Å². The second-order valence-corrected chi connectivity index (χ2v) is 7.04. The average Bonchev–Trinajstić information content (AvgIpc) is 3.13. The standard InChI is InChI=1S/C11H17N3O3S/c12-7-9(10(13)8-1-2-8)11(15)14-3-5-18(16,17)6-4-14/h7-8,12H,1-6,13H2. The third kappa shape index (κ3) is 2.72. The van der Waals surface area contributed by atoms with Crippen LogP contribution in [-0.2, 0) is 14.6 Å². The molecule has 0 aromatic carbocycles. The Bertz CT molecular complexity index is 492. The van der Waals surface area contributed by atoms with Crippen molar-refractivity contribution in [2.45, 2.75) is 12.8 Å². The summed E-state index contributed by atoms with van der Waals surface area (Å²) in [5.41, 5.74) is 6.55. The molecule has 7 heteroatoms. The van der Waals surface area contributed by atoms with Crippen molar-refractivity contribution < 1.29 is 13.2 Å². The predicted octanol–water partition coefficient (Wildman–Crippen LogP) is -0.484. The quantitative estimate of drug-likeness (QED) is 0.534. The molecule has 2 aliphatic rings. The molecule has 6 nitrogen and oxygen atoms in total. The molecule has 1 amide bonds. The first-order chi connectivity index (χ1) is 8.44. The Hall–Kier alpha value is -1.37. The van der Waals surface area contributed by atoms with Gasteiger partial charge in [0.15, 0.2) is 9.84 Å². The van der Waals surface area contributed by atoms with Gasteiger partial charge in [-0.15, -0.1) is 0 Å². The summed E-state index contributed by atoms with van der Waals surface area (Å²) < 4.78 is 22.6. The van der Waals surface area contributed by atoms with Crippen molar-refractivity contribution in [1.82, 2.24) is 4.90 Å². The molecule has 0 atom stereocenters. The van der Waals surface area contributed by atoms with Crippen LogP contribution >= 0.6 is 0 Å². The number of rotatable bonds is 3. The number of hydrogen-bond donors (Lipinski definition) is 2. The maximum atomic E-state index is 12.2. The molecular formula is C11H17N3O3S. The molecular weight excluding hydrogens is 254 g/mol. The average molecular weight is 271 g/mol. The first kappa shape index (κ1) is 13.1. The Morgan fingerprint density at radius 2 is 1.83 bits per heavy atom. The number of hydrogen-bond acceptors (Lipinski definition) is 5. The van der Waals surface area contributed by atoms with E-state index in [1.807, 2.05) is 0 Å². The van der Waals surface area contributed by atoms with Gasteiger partial charge in [0.05, 0.1) is 17.1 Å². The first-order valence-corrected chi connectivity index (χ1v) is 7.76. The molecule has 0 bridgehead atoms. The minimum Gasteiger partial charge on any atom is -0.401 e. The van der Waals surface area contributed by atoms with Crippen LogP contribution in [0.2, 0.25) is 0 Å². The van der Waals surface area contributed by atoms with Crippen LogP contribution in [0.1, 0.15) is 12.8 Å². The van der Waals surface area contributed by atoms with Gasteiger partial charge in [0.1, 0.15) is 0 Å². The predicted molar refractivity (Wildman–Crippen MR) is 68.0 cm³/mol. The molecule has 1 aliphatic carbocycles. The highest BCUT2D eigenvalue weighted by atomic mass is 32.2. The second kappa shape index (κ2) is 4.72. The van der Waals surface area contributed by atoms with Crippen LogP contribution < -0.4 is 5.73 Å². The van der Waals surface area contributed by atoms with E-state index in [0.29, 0.717) is 5.70 Å². The van der Waals surface area contributed by atoms with Crippen LogP contribution in [-0.4, -0.2) is 50.0 Å². The molecule has 1 aliphatic heterocycles. The van der Waals surface area contributed by atoms with Crippen LogP contribution in [0.3, 0.4) is 0 Å². The Morgan fingerprint density at radius 3 is 2.28 bits per heavy atom. The number of allylic oxidation sites excluding steroid dienone is 1. The van der Waals surface area contributed by atoms with Crippen LogP contribution in [0.25, 0.3) is 0 Å². The van der Waals surface area contributed by atoms with Gasteiger partial charge in [-0.25, -0.2) is 8.42 Å².